The molecule has 1 amide bonds. The summed E-state index contributed by atoms with van der Waals surface area (Å²) in [7, 11) is -3.91. The van der Waals surface area contributed by atoms with E-state index >= 15 is 0 Å². The van der Waals surface area contributed by atoms with E-state index in [9.17, 15) is 13.2 Å². The van der Waals surface area contributed by atoms with Gasteiger partial charge in [0.25, 0.3) is 15.9 Å². The number of rotatable bonds is 6. The third-order valence-corrected chi connectivity index (χ3v) is 6.84. The van der Waals surface area contributed by atoms with Crippen LogP contribution in [0, 0.1) is 13.8 Å². The highest BCUT2D eigenvalue weighted by Crippen LogP contribution is 2.34. The largest absolute Gasteiger partial charge is 0.451 e. The van der Waals surface area contributed by atoms with Gasteiger partial charge in [0.1, 0.15) is 5.76 Å². The number of nitrogens with zero attached hydrogens (tertiary/aromatic N) is 2. The van der Waals surface area contributed by atoms with Gasteiger partial charge in [-0.05, 0) is 68.4 Å². The highest BCUT2D eigenvalue weighted by atomic mass is 35.5. The number of benzene rings is 2. The molecule has 0 atom stereocenters. The second-order valence-electron chi connectivity index (χ2n) is 7.32. The van der Waals surface area contributed by atoms with Crippen LogP contribution in [-0.2, 0) is 10.0 Å². The zero-order valence-electron chi connectivity index (χ0n) is 18.0. The predicted octanol–water partition coefficient (Wildman–Crippen LogP) is 5.71. The number of carbonyl (C=O) groups is 1. The van der Waals surface area contributed by atoms with E-state index < -0.39 is 15.9 Å². The third-order valence-electron chi connectivity index (χ3n) is 4.68. The fraction of sp³-hybridized carbons (Fsp3) is 0.0870. The molecule has 0 saturated carbocycles. The molecule has 11 heteroatoms. The SMILES string of the molecule is Cc1cc(C)nc(NS(=O)(=O)c2ccc(NC(=O)c3ccc(-c4cccc(Cl)c4Cl)o3)cc2)n1. The number of furan rings is 1. The number of carbonyl (C=O) groups excluding carboxylic acids is 1. The molecule has 2 aromatic carbocycles. The van der Waals surface area contributed by atoms with E-state index in [4.69, 9.17) is 27.6 Å². The maximum atomic E-state index is 12.7. The van der Waals surface area contributed by atoms with Crippen LogP contribution in [-0.4, -0.2) is 24.3 Å². The van der Waals surface area contributed by atoms with Gasteiger partial charge in [0, 0.05) is 22.6 Å². The number of nitrogens with one attached hydrogen (secondary N) is 2. The number of aromatic nitrogens is 2. The first-order chi connectivity index (χ1) is 16.1. The number of aryl methyl sites for hydroxylation is 2. The van der Waals surface area contributed by atoms with E-state index in [0.29, 0.717) is 38.4 Å². The van der Waals surface area contributed by atoms with Gasteiger partial charge < -0.3 is 9.73 Å². The summed E-state index contributed by atoms with van der Waals surface area (Å²) in [6, 6.07) is 15.6. The van der Waals surface area contributed by atoms with Gasteiger partial charge >= 0.3 is 0 Å². The Kier molecular flexibility index (Phi) is 6.60. The second kappa shape index (κ2) is 9.46. The van der Waals surface area contributed by atoms with Gasteiger partial charge in [-0.3, -0.25) is 4.79 Å². The Bertz CT molecular complexity index is 1470. The van der Waals surface area contributed by atoms with Gasteiger partial charge in [-0.25, -0.2) is 23.1 Å². The standard InChI is InChI=1S/C23H18Cl2N4O4S/c1-13-12-14(2)27-23(26-13)29-34(31,32)16-8-6-15(7-9-16)28-22(30)20-11-10-19(33-20)17-4-3-5-18(24)21(17)25/h3-12H,1-2H3,(H,28,30)(H,26,27,29). The normalized spacial score (nSPS) is 11.3. The van der Waals surface area contributed by atoms with Crippen LogP contribution in [0.1, 0.15) is 21.9 Å². The molecule has 2 aromatic heterocycles. The molecule has 4 rings (SSSR count). The van der Waals surface area contributed by atoms with Gasteiger partial charge in [0.05, 0.1) is 14.9 Å². The predicted molar refractivity (Wildman–Crippen MR) is 131 cm³/mol. The molecule has 4 aromatic rings. The van der Waals surface area contributed by atoms with Gasteiger partial charge in [0.2, 0.25) is 5.95 Å². The lowest BCUT2D eigenvalue weighted by Gasteiger charge is -2.09. The van der Waals surface area contributed by atoms with Crippen molar-refractivity contribution < 1.29 is 17.6 Å². The molecule has 0 bridgehead atoms. The van der Waals surface area contributed by atoms with Crippen molar-refractivity contribution in [3.8, 4) is 11.3 Å². The monoisotopic (exact) mass is 516 g/mol. The van der Waals surface area contributed by atoms with E-state index in [1.165, 1.54) is 30.3 Å². The smallest absolute Gasteiger partial charge is 0.291 e. The highest BCUT2D eigenvalue weighted by molar-refractivity contribution is 7.92. The lowest BCUT2D eigenvalue weighted by molar-refractivity contribution is 0.0997. The molecule has 0 unspecified atom stereocenters. The topological polar surface area (TPSA) is 114 Å². The molecule has 0 aliphatic heterocycles. The van der Waals surface area contributed by atoms with Crippen molar-refractivity contribution in [1.82, 2.24) is 9.97 Å². The Morgan fingerprint density at radius 3 is 2.29 bits per heavy atom. The minimum atomic E-state index is -3.91. The van der Waals surface area contributed by atoms with Gasteiger partial charge in [-0.2, -0.15) is 0 Å². The third kappa shape index (κ3) is 5.22. The fourth-order valence-corrected chi connectivity index (χ4v) is 4.50. The molecule has 2 N–H and O–H groups in total. The molecule has 0 radical (unpaired) electrons. The molecular weight excluding hydrogens is 499 g/mol. The summed E-state index contributed by atoms with van der Waals surface area (Å²) in [5.41, 5.74) is 2.22. The first-order valence-corrected chi connectivity index (χ1v) is 12.2. The Labute approximate surface area is 206 Å². The van der Waals surface area contributed by atoms with Crippen LogP contribution in [0.15, 0.2) is 70.0 Å². The highest BCUT2D eigenvalue weighted by Gasteiger charge is 2.18. The molecule has 0 aliphatic carbocycles. The summed E-state index contributed by atoms with van der Waals surface area (Å²) < 4.78 is 33.3. The Balaban J connectivity index is 1.47. The Morgan fingerprint density at radius 2 is 1.62 bits per heavy atom. The van der Waals surface area contributed by atoms with Crippen LogP contribution in [0.25, 0.3) is 11.3 Å². The molecule has 174 valence electrons. The minimum absolute atomic E-state index is 0.0101. The maximum absolute atomic E-state index is 12.7. The van der Waals surface area contributed by atoms with Crippen LogP contribution in [0.4, 0.5) is 11.6 Å². The average Bonchev–Trinajstić information content (AvgIpc) is 3.25. The van der Waals surface area contributed by atoms with Gasteiger partial charge in [0.15, 0.2) is 5.76 Å². The number of halogens is 2. The van der Waals surface area contributed by atoms with E-state index in [1.807, 2.05) is 0 Å². The summed E-state index contributed by atoms with van der Waals surface area (Å²) >= 11 is 12.2. The second-order valence-corrected chi connectivity index (χ2v) is 9.79. The number of hydrogen-bond donors (Lipinski definition) is 2. The average molecular weight is 517 g/mol. The zero-order chi connectivity index (χ0) is 24.5. The van der Waals surface area contributed by atoms with E-state index in [-0.39, 0.29) is 16.6 Å². The molecular formula is C23H18Cl2N4O4S. The molecule has 34 heavy (non-hydrogen) atoms. The fourth-order valence-electron chi connectivity index (χ4n) is 3.16. The lowest BCUT2D eigenvalue weighted by Crippen LogP contribution is -2.16. The van der Waals surface area contributed by atoms with E-state index in [2.05, 4.69) is 20.0 Å². The van der Waals surface area contributed by atoms with Gasteiger partial charge in [-0.1, -0.05) is 29.3 Å². The van der Waals surface area contributed by atoms with Crippen molar-refractivity contribution in [3.05, 3.63) is 87.9 Å². The summed E-state index contributed by atoms with van der Waals surface area (Å²) in [6.07, 6.45) is 0. The van der Waals surface area contributed by atoms with E-state index in [0.717, 1.165) is 0 Å². The van der Waals surface area contributed by atoms with Crippen molar-refractivity contribution >= 4 is 50.8 Å². The molecule has 2 heterocycles. The number of sulfonamides is 1. The van der Waals surface area contributed by atoms with Crippen molar-refractivity contribution in [3.63, 3.8) is 0 Å². The van der Waals surface area contributed by atoms with Crippen molar-refractivity contribution in [2.45, 2.75) is 18.7 Å². The summed E-state index contributed by atoms with van der Waals surface area (Å²) in [6.45, 7) is 3.49. The van der Waals surface area contributed by atoms with Crippen LogP contribution < -0.4 is 10.0 Å². The lowest BCUT2D eigenvalue weighted by atomic mass is 10.2. The van der Waals surface area contributed by atoms with Crippen LogP contribution in [0.2, 0.25) is 10.0 Å². The van der Waals surface area contributed by atoms with E-state index in [1.54, 1.807) is 44.2 Å². The molecule has 0 spiro atoms. The van der Waals surface area contributed by atoms with Crippen LogP contribution in [0.3, 0.4) is 0 Å². The minimum Gasteiger partial charge on any atom is -0.451 e. The van der Waals surface area contributed by atoms with Crippen molar-refractivity contribution in [1.29, 1.82) is 0 Å². The number of anilines is 2. The summed E-state index contributed by atoms with van der Waals surface area (Å²) in [5, 5.41) is 3.35. The van der Waals surface area contributed by atoms with Crippen LogP contribution >= 0.6 is 23.2 Å². The number of hydrogen-bond acceptors (Lipinski definition) is 6. The quantitative estimate of drug-likeness (QED) is 0.339. The van der Waals surface area contributed by atoms with Crippen LogP contribution in [0.5, 0.6) is 0 Å². The Morgan fingerprint density at radius 1 is 0.941 bits per heavy atom. The zero-order valence-corrected chi connectivity index (χ0v) is 20.3. The van der Waals surface area contributed by atoms with Gasteiger partial charge in [-0.15, -0.1) is 0 Å². The molecule has 0 saturated heterocycles. The first kappa shape index (κ1) is 23.7. The number of amides is 1. The molecule has 0 fully saturated rings. The Hall–Kier alpha value is -3.40. The summed E-state index contributed by atoms with van der Waals surface area (Å²) in [5.74, 6) is -0.0831. The maximum Gasteiger partial charge on any atom is 0.291 e. The summed E-state index contributed by atoms with van der Waals surface area (Å²) in [4.78, 5) is 20.7. The first-order valence-electron chi connectivity index (χ1n) is 9.93. The molecule has 8 nitrogen and oxygen atoms in total. The van der Waals surface area contributed by atoms with Crippen molar-refractivity contribution in [2.24, 2.45) is 0 Å². The van der Waals surface area contributed by atoms with Crippen molar-refractivity contribution in [2.75, 3.05) is 10.0 Å². The molecule has 0 aliphatic rings.